The first kappa shape index (κ1) is 17.7. The van der Waals surface area contributed by atoms with Crippen LogP contribution in [0.1, 0.15) is 12.7 Å². The number of nitro groups is 1. The third-order valence-corrected chi connectivity index (χ3v) is 3.19. The van der Waals surface area contributed by atoms with Gasteiger partial charge in [-0.3, -0.25) is 10.1 Å². The summed E-state index contributed by atoms with van der Waals surface area (Å²) in [6, 6.07) is 8.94. The molecule has 0 spiro atoms. The third kappa shape index (κ3) is 4.03. The Morgan fingerprint density at radius 1 is 1.40 bits per heavy atom. The quantitative estimate of drug-likeness (QED) is 0.260. The average Bonchev–Trinajstić information content (AvgIpc) is 3.07. The van der Waals surface area contributed by atoms with E-state index in [1.165, 1.54) is 37.5 Å². The number of carbonyl (C=O) groups excluding carboxylic acids is 1. The molecule has 0 bridgehead atoms. The molecule has 128 valence electrons. The lowest BCUT2D eigenvalue weighted by atomic mass is 10.1. The van der Waals surface area contributed by atoms with Crippen LogP contribution in [0.25, 0.3) is 17.4 Å². The first-order valence-electron chi connectivity index (χ1n) is 7.21. The van der Waals surface area contributed by atoms with Crippen molar-refractivity contribution < 1.29 is 23.6 Å². The minimum atomic E-state index is -0.754. The van der Waals surface area contributed by atoms with Gasteiger partial charge in [0.2, 0.25) is 0 Å². The summed E-state index contributed by atoms with van der Waals surface area (Å²) < 4.78 is 15.5. The van der Waals surface area contributed by atoms with Crippen molar-refractivity contribution in [1.82, 2.24) is 0 Å². The molecule has 0 aliphatic carbocycles. The van der Waals surface area contributed by atoms with Crippen molar-refractivity contribution in [3.8, 4) is 23.1 Å². The van der Waals surface area contributed by atoms with Gasteiger partial charge in [0.1, 0.15) is 28.9 Å². The Bertz CT molecular complexity index is 876. The van der Waals surface area contributed by atoms with Crippen LogP contribution in [0, 0.1) is 21.4 Å². The molecular weight excluding hydrogens is 328 g/mol. The number of ether oxygens (including phenoxy) is 2. The van der Waals surface area contributed by atoms with Crippen molar-refractivity contribution in [1.29, 1.82) is 5.26 Å². The fourth-order valence-corrected chi connectivity index (χ4v) is 2.07. The van der Waals surface area contributed by atoms with Gasteiger partial charge in [-0.25, -0.2) is 4.79 Å². The summed E-state index contributed by atoms with van der Waals surface area (Å²) in [7, 11) is 1.43. The van der Waals surface area contributed by atoms with E-state index >= 15 is 0 Å². The van der Waals surface area contributed by atoms with E-state index in [1.807, 2.05) is 0 Å². The van der Waals surface area contributed by atoms with Crippen LogP contribution in [0.4, 0.5) is 5.69 Å². The number of nitro benzene ring substituents is 1. The summed E-state index contributed by atoms with van der Waals surface area (Å²) in [4.78, 5) is 22.0. The molecule has 1 heterocycles. The number of nitrogens with zero attached hydrogens (tertiary/aromatic N) is 2. The number of non-ortho nitro benzene ring substituents is 1. The molecule has 1 aromatic heterocycles. The Morgan fingerprint density at radius 2 is 2.16 bits per heavy atom. The van der Waals surface area contributed by atoms with Gasteiger partial charge in [-0.05, 0) is 25.1 Å². The molecule has 0 amide bonds. The summed E-state index contributed by atoms with van der Waals surface area (Å²) >= 11 is 0. The summed E-state index contributed by atoms with van der Waals surface area (Å²) in [5.74, 6) is 0.165. The number of carbonyl (C=O) groups is 1. The van der Waals surface area contributed by atoms with Crippen molar-refractivity contribution in [2.75, 3.05) is 13.7 Å². The molecule has 8 heteroatoms. The molecule has 0 fully saturated rings. The number of hydrogen-bond donors (Lipinski definition) is 0. The zero-order valence-electron chi connectivity index (χ0n) is 13.5. The maximum absolute atomic E-state index is 11.6. The van der Waals surface area contributed by atoms with E-state index in [9.17, 15) is 14.9 Å². The smallest absolute Gasteiger partial charge is 0.349 e. The van der Waals surface area contributed by atoms with E-state index in [1.54, 1.807) is 19.1 Å². The third-order valence-electron chi connectivity index (χ3n) is 3.19. The van der Waals surface area contributed by atoms with Gasteiger partial charge in [0.25, 0.3) is 5.69 Å². The molecule has 0 N–H and O–H groups in total. The molecule has 0 saturated heterocycles. The predicted molar refractivity (Wildman–Crippen MR) is 87.6 cm³/mol. The van der Waals surface area contributed by atoms with Crippen LogP contribution in [-0.4, -0.2) is 24.6 Å². The molecule has 8 nitrogen and oxygen atoms in total. The first-order valence-corrected chi connectivity index (χ1v) is 7.21. The molecule has 0 aliphatic heterocycles. The van der Waals surface area contributed by atoms with Crippen molar-refractivity contribution in [3.05, 3.63) is 51.8 Å². The number of rotatable bonds is 6. The molecule has 25 heavy (non-hydrogen) atoms. The normalized spacial score (nSPS) is 10.8. The highest BCUT2D eigenvalue weighted by Gasteiger charge is 2.16. The van der Waals surface area contributed by atoms with Gasteiger partial charge in [-0.1, -0.05) is 0 Å². The largest absolute Gasteiger partial charge is 0.496 e. The van der Waals surface area contributed by atoms with Crippen molar-refractivity contribution in [3.63, 3.8) is 0 Å². The van der Waals surface area contributed by atoms with Crippen LogP contribution in [0.3, 0.4) is 0 Å². The molecule has 2 aromatic rings. The Hall–Kier alpha value is -3.60. The van der Waals surface area contributed by atoms with Crippen molar-refractivity contribution in [2.45, 2.75) is 6.92 Å². The van der Waals surface area contributed by atoms with E-state index < -0.39 is 10.9 Å². The van der Waals surface area contributed by atoms with Crippen molar-refractivity contribution in [2.24, 2.45) is 0 Å². The van der Waals surface area contributed by atoms with Crippen LogP contribution >= 0.6 is 0 Å². The molecule has 1 aromatic carbocycles. The monoisotopic (exact) mass is 342 g/mol. The molecule has 0 atom stereocenters. The number of methoxy groups -OCH3 is 1. The van der Waals surface area contributed by atoms with Crippen LogP contribution in [-0.2, 0) is 9.53 Å². The van der Waals surface area contributed by atoms with E-state index in [0.29, 0.717) is 17.1 Å². The SMILES string of the molecule is CCOC(=O)/C(C#N)=C\c1ccc(-c2cc([N+](=O)[O-])ccc2OC)o1. The maximum Gasteiger partial charge on any atom is 0.349 e. The zero-order chi connectivity index (χ0) is 18.4. The second-order valence-corrected chi connectivity index (χ2v) is 4.73. The topological polar surface area (TPSA) is 116 Å². The molecule has 2 rings (SSSR count). The highest BCUT2D eigenvalue weighted by Crippen LogP contribution is 2.34. The second-order valence-electron chi connectivity index (χ2n) is 4.73. The standard InChI is InChI=1S/C17H14N2O6/c1-3-24-17(20)11(10-18)8-13-5-7-16(25-13)14-9-12(19(21)22)4-6-15(14)23-2/h4-9H,3H2,1-2H3/b11-8-. The van der Waals surface area contributed by atoms with Gasteiger partial charge < -0.3 is 13.9 Å². The Balaban J connectivity index is 2.42. The van der Waals surface area contributed by atoms with Gasteiger partial charge in [0.05, 0.1) is 24.2 Å². The van der Waals surface area contributed by atoms with Gasteiger partial charge >= 0.3 is 5.97 Å². The van der Waals surface area contributed by atoms with E-state index in [2.05, 4.69) is 0 Å². The predicted octanol–water partition coefficient (Wildman–Crippen LogP) is 3.33. The first-order chi connectivity index (χ1) is 12.0. The summed E-state index contributed by atoms with van der Waals surface area (Å²) in [5.41, 5.74) is 0.0493. The Labute approximate surface area is 143 Å². The van der Waals surface area contributed by atoms with Crippen LogP contribution in [0.15, 0.2) is 40.3 Å². The van der Waals surface area contributed by atoms with Gasteiger partial charge in [-0.15, -0.1) is 0 Å². The van der Waals surface area contributed by atoms with E-state index in [-0.39, 0.29) is 23.6 Å². The fourth-order valence-electron chi connectivity index (χ4n) is 2.07. The van der Waals surface area contributed by atoms with Gasteiger partial charge in [-0.2, -0.15) is 5.26 Å². The highest BCUT2D eigenvalue weighted by atomic mass is 16.6. The Morgan fingerprint density at radius 3 is 2.76 bits per heavy atom. The molecule has 0 unspecified atom stereocenters. The molecular formula is C17H14N2O6. The summed E-state index contributed by atoms with van der Waals surface area (Å²) in [6.45, 7) is 1.78. The second kappa shape index (κ2) is 7.79. The van der Waals surface area contributed by atoms with Crippen LogP contribution in [0.2, 0.25) is 0 Å². The minimum Gasteiger partial charge on any atom is -0.496 e. The van der Waals surface area contributed by atoms with E-state index in [0.717, 1.165) is 0 Å². The number of esters is 1. The summed E-state index contributed by atoms with van der Waals surface area (Å²) in [6.07, 6.45) is 1.24. The lowest BCUT2D eigenvalue weighted by Crippen LogP contribution is -2.05. The van der Waals surface area contributed by atoms with E-state index in [4.69, 9.17) is 19.2 Å². The van der Waals surface area contributed by atoms with Crippen LogP contribution in [0.5, 0.6) is 5.75 Å². The lowest BCUT2D eigenvalue weighted by molar-refractivity contribution is -0.384. The Kier molecular flexibility index (Phi) is 5.53. The number of benzene rings is 1. The van der Waals surface area contributed by atoms with Crippen molar-refractivity contribution >= 4 is 17.7 Å². The molecule has 0 aliphatic rings. The highest BCUT2D eigenvalue weighted by molar-refractivity contribution is 5.97. The minimum absolute atomic E-state index is 0.117. The molecule has 0 radical (unpaired) electrons. The average molecular weight is 342 g/mol. The number of hydrogen-bond acceptors (Lipinski definition) is 7. The summed E-state index contributed by atoms with van der Waals surface area (Å²) in [5, 5.41) is 20.0. The number of nitriles is 1. The zero-order valence-corrected chi connectivity index (χ0v) is 13.5. The van der Waals surface area contributed by atoms with Crippen LogP contribution < -0.4 is 4.74 Å². The molecule has 0 saturated carbocycles. The van der Waals surface area contributed by atoms with Gasteiger partial charge in [0.15, 0.2) is 0 Å². The lowest BCUT2D eigenvalue weighted by Gasteiger charge is -2.05. The number of furan rings is 1. The fraction of sp³-hybridized carbons (Fsp3) is 0.176. The van der Waals surface area contributed by atoms with Gasteiger partial charge in [0, 0.05) is 18.2 Å². The maximum atomic E-state index is 11.6.